The van der Waals surface area contributed by atoms with Crippen molar-refractivity contribution in [3.63, 3.8) is 0 Å². The van der Waals surface area contributed by atoms with E-state index in [9.17, 15) is 19.0 Å². The minimum absolute atomic E-state index is 0. The summed E-state index contributed by atoms with van der Waals surface area (Å²) in [5, 5.41) is 0. The van der Waals surface area contributed by atoms with E-state index in [0.29, 0.717) is 12.8 Å². The van der Waals surface area contributed by atoms with Gasteiger partial charge in [0.2, 0.25) is 0 Å². The molecular weight excluding hydrogens is 486 g/mol. The van der Waals surface area contributed by atoms with E-state index in [0.717, 1.165) is 38.5 Å². The fraction of sp³-hybridized carbons (Fsp3) is 0.929. The van der Waals surface area contributed by atoms with Gasteiger partial charge in [0, 0.05) is 12.8 Å². The van der Waals surface area contributed by atoms with Gasteiger partial charge in [0.25, 0.3) is 0 Å². The molecule has 0 aliphatic heterocycles. The van der Waals surface area contributed by atoms with Crippen LogP contribution >= 0.6 is 7.82 Å². The minimum Gasteiger partial charge on any atom is -0.736 e. The van der Waals surface area contributed by atoms with Gasteiger partial charge in [-0.2, -0.15) is 0 Å². The zero-order chi connectivity index (χ0) is 26.0. The van der Waals surface area contributed by atoms with Gasteiger partial charge >= 0.3 is 49.3 Å². The Morgan fingerprint density at radius 1 is 0.500 bits per heavy atom. The van der Waals surface area contributed by atoms with Crippen LogP contribution in [0.5, 0.6) is 0 Å². The summed E-state index contributed by atoms with van der Waals surface area (Å²) in [6.45, 7) is 4.44. The van der Waals surface area contributed by atoms with Gasteiger partial charge in [-0.15, -0.1) is 0 Å². The molecule has 0 amide bonds. The molecule has 0 saturated heterocycles. The molecule has 6 nitrogen and oxygen atoms in total. The van der Waals surface area contributed by atoms with Crippen LogP contribution in [0.25, 0.3) is 0 Å². The maximum absolute atomic E-state index is 11.8. The Morgan fingerprint density at radius 3 is 0.972 bits per heavy atom. The van der Waals surface area contributed by atoms with Gasteiger partial charge in [-0.05, 0) is 12.8 Å². The van der Waals surface area contributed by atoms with Crippen LogP contribution in [0, 0.1) is 0 Å². The molecule has 0 aromatic rings. The second kappa shape index (κ2) is 28.1. The van der Waals surface area contributed by atoms with E-state index in [1.165, 1.54) is 89.9 Å². The summed E-state index contributed by atoms with van der Waals surface area (Å²) in [6.07, 6.45) is 25.3. The average Bonchev–Trinajstić information content (AvgIpc) is 2.80. The quantitative estimate of drug-likeness (QED) is 0.0765. The molecule has 0 radical (unpaired) electrons. The predicted octanol–water partition coefficient (Wildman–Crippen LogP) is 5.95. The Bertz CT molecular complexity index is 514. The number of rotatable bonds is 26. The molecule has 0 spiro atoms. The zero-order valence-electron chi connectivity index (χ0n) is 23.9. The molecule has 36 heavy (non-hydrogen) atoms. The number of unbranched alkanes of at least 4 members (excludes halogenated alkanes) is 20. The molecule has 0 unspecified atom stereocenters. The summed E-state index contributed by atoms with van der Waals surface area (Å²) >= 11 is 0. The second-order valence-electron chi connectivity index (χ2n) is 9.94. The van der Waals surface area contributed by atoms with Crippen LogP contribution in [0.4, 0.5) is 0 Å². The van der Waals surface area contributed by atoms with E-state index in [-0.39, 0.29) is 42.4 Å². The summed E-state index contributed by atoms with van der Waals surface area (Å²) in [5.41, 5.74) is 0. The summed E-state index contributed by atoms with van der Waals surface area (Å²) in [7, 11) is -4.92. The summed E-state index contributed by atoms with van der Waals surface area (Å²) in [4.78, 5) is 35.3. The second-order valence-corrected chi connectivity index (χ2v) is 11.2. The monoisotopic (exact) mass is 540 g/mol. The van der Waals surface area contributed by atoms with Crippen molar-refractivity contribution in [1.82, 2.24) is 0 Å². The fourth-order valence-corrected chi connectivity index (χ4v) is 4.95. The standard InChI is InChI=1S/C28H55O6P.Na/c1-3-5-7-9-11-13-15-17-19-21-23-25-27(29)33-35(31,32)34-28(30)26-24-22-20-18-16-14-12-10-8-6-4-2;/h3-26H2,1-2H3,(H,31,32);/q;+1/p-1. The molecule has 0 aliphatic carbocycles. The Kier molecular flexibility index (Phi) is 29.9. The molecule has 0 N–H and O–H groups in total. The molecule has 0 bridgehead atoms. The van der Waals surface area contributed by atoms with Crippen LogP contribution in [0.2, 0.25) is 0 Å². The fourth-order valence-electron chi connectivity index (χ4n) is 4.23. The van der Waals surface area contributed by atoms with E-state index in [1.54, 1.807) is 0 Å². The first kappa shape index (κ1) is 38.3. The van der Waals surface area contributed by atoms with E-state index in [2.05, 4.69) is 22.9 Å². The number of hydrogen-bond acceptors (Lipinski definition) is 6. The van der Waals surface area contributed by atoms with Crippen molar-refractivity contribution >= 4 is 19.8 Å². The molecule has 0 saturated carbocycles. The Morgan fingerprint density at radius 2 is 0.722 bits per heavy atom. The van der Waals surface area contributed by atoms with Crippen LogP contribution in [0.1, 0.15) is 168 Å². The predicted molar refractivity (Wildman–Crippen MR) is 142 cm³/mol. The van der Waals surface area contributed by atoms with E-state index in [1.807, 2.05) is 0 Å². The van der Waals surface area contributed by atoms with E-state index < -0.39 is 19.8 Å². The molecule has 0 rings (SSSR count). The Labute approximate surface area is 244 Å². The van der Waals surface area contributed by atoms with Crippen molar-refractivity contribution in [3.05, 3.63) is 0 Å². The smallest absolute Gasteiger partial charge is 0.736 e. The maximum Gasteiger partial charge on any atom is 1.00 e. The van der Waals surface area contributed by atoms with Gasteiger partial charge in [0.1, 0.15) is 0 Å². The molecule has 208 valence electrons. The molecule has 0 atom stereocenters. The first-order valence-corrected chi connectivity index (χ1v) is 16.1. The normalized spacial score (nSPS) is 11.2. The number of hydrogen-bond donors (Lipinski definition) is 0. The third-order valence-corrected chi connectivity index (χ3v) is 7.25. The number of carbonyl (C=O) groups is 2. The molecule has 0 aliphatic rings. The number of phosphoric ester groups is 1. The van der Waals surface area contributed by atoms with Crippen molar-refractivity contribution in [3.8, 4) is 0 Å². The minimum atomic E-state index is -4.92. The van der Waals surface area contributed by atoms with Crippen molar-refractivity contribution in [2.75, 3.05) is 0 Å². The van der Waals surface area contributed by atoms with E-state index >= 15 is 0 Å². The summed E-state index contributed by atoms with van der Waals surface area (Å²) < 4.78 is 20.6. The van der Waals surface area contributed by atoms with Gasteiger partial charge in [-0.3, -0.25) is 9.59 Å². The Balaban J connectivity index is 0. The van der Waals surface area contributed by atoms with Crippen LogP contribution in [-0.2, 0) is 23.2 Å². The van der Waals surface area contributed by atoms with E-state index in [4.69, 9.17) is 0 Å². The molecule has 0 aromatic heterocycles. The Hall–Kier alpha value is 0.130. The first-order valence-electron chi connectivity index (χ1n) is 14.7. The molecule has 0 heterocycles. The van der Waals surface area contributed by atoms with Crippen LogP contribution in [0.15, 0.2) is 0 Å². The SMILES string of the molecule is CCCCCCCCCCCCCC(=O)OP(=O)([O-])OC(=O)CCCCCCCCCCCCC.[Na+]. The van der Waals surface area contributed by atoms with Gasteiger partial charge in [-0.1, -0.05) is 142 Å². The number of carbonyl (C=O) groups excluding carboxylic acids is 2. The zero-order valence-corrected chi connectivity index (χ0v) is 26.8. The van der Waals surface area contributed by atoms with Crippen molar-refractivity contribution < 1.29 is 57.7 Å². The first-order chi connectivity index (χ1) is 16.9. The topological polar surface area (TPSA) is 92.7 Å². The molecule has 0 aromatic carbocycles. The van der Waals surface area contributed by atoms with Gasteiger partial charge in [0.15, 0.2) is 0 Å². The molecule has 0 fully saturated rings. The third-order valence-electron chi connectivity index (χ3n) is 6.40. The average molecular weight is 541 g/mol. The van der Waals surface area contributed by atoms with Crippen molar-refractivity contribution in [2.45, 2.75) is 168 Å². The van der Waals surface area contributed by atoms with Crippen LogP contribution in [0.3, 0.4) is 0 Å². The van der Waals surface area contributed by atoms with Gasteiger partial charge in [0.05, 0.1) is 0 Å². The van der Waals surface area contributed by atoms with Crippen LogP contribution in [-0.4, -0.2) is 11.9 Å². The molecule has 8 heteroatoms. The maximum atomic E-state index is 11.8. The van der Waals surface area contributed by atoms with Crippen molar-refractivity contribution in [2.24, 2.45) is 0 Å². The van der Waals surface area contributed by atoms with Crippen molar-refractivity contribution in [1.29, 1.82) is 0 Å². The third kappa shape index (κ3) is 28.7. The van der Waals surface area contributed by atoms with Gasteiger partial charge in [-0.25, -0.2) is 4.57 Å². The summed E-state index contributed by atoms with van der Waals surface area (Å²) in [6, 6.07) is 0. The molecular formula is C28H54NaO6P. The van der Waals surface area contributed by atoms with Crippen LogP contribution < -0.4 is 34.5 Å². The summed E-state index contributed by atoms with van der Waals surface area (Å²) in [5.74, 6) is -1.69. The largest absolute Gasteiger partial charge is 1.00 e. The number of phosphoric acid groups is 1. The van der Waals surface area contributed by atoms with Gasteiger partial charge < -0.3 is 13.9 Å².